The first-order valence-electron chi connectivity index (χ1n) is 8.68. The van der Waals surface area contributed by atoms with Gasteiger partial charge in [-0.1, -0.05) is 41.0 Å². The molecule has 0 aliphatic rings. The van der Waals surface area contributed by atoms with Crippen LogP contribution in [0.1, 0.15) is 73.6 Å². The van der Waals surface area contributed by atoms with Crippen LogP contribution in [-0.2, 0) is 19.1 Å². The predicted molar refractivity (Wildman–Crippen MR) is 88.4 cm³/mol. The van der Waals surface area contributed by atoms with Gasteiger partial charge in [-0.25, -0.2) is 0 Å². The summed E-state index contributed by atoms with van der Waals surface area (Å²) in [5, 5.41) is 0. The first-order valence-corrected chi connectivity index (χ1v) is 8.68. The molecule has 3 atom stereocenters. The quantitative estimate of drug-likeness (QED) is 0.532. The maximum Gasteiger partial charge on any atom is 0.308 e. The fourth-order valence-electron chi connectivity index (χ4n) is 2.04. The van der Waals surface area contributed by atoms with Gasteiger partial charge in [0.15, 0.2) is 0 Å². The van der Waals surface area contributed by atoms with E-state index in [1.54, 1.807) is 0 Å². The minimum atomic E-state index is -0.134. The Bertz CT molecular complexity index is 325. The van der Waals surface area contributed by atoms with E-state index >= 15 is 0 Å². The molecule has 0 radical (unpaired) electrons. The molecule has 0 aliphatic heterocycles. The minimum Gasteiger partial charge on any atom is -0.465 e. The average molecular weight is 314 g/mol. The van der Waals surface area contributed by atoms with Gasteiger partial charge in [-0.3, -0.25) is 9.59 Å². The standard InChI is InChI=1S/C18H34O4/c1-7-15(6)22-17(19)14(5)10-9-11-16(8-2)18(20)21-12-13(3)4/h13-16H,7-12H2,1-6H3. The van der Waals surface area contributed by atoms with Crippen LogP contribution in [0.3, 0.4) is 0 Å². The van der Waals surface area contributed by atoms with E-state index in [9.17, 15) is 9.59 Å². The van der Waals surface area contributed by atoms with E-state index < -0.39 is 0 Å². The summed E-state index contributed by atoms with van der Waals surface area (Å²) < 4.78 is 10.6. The molecule has 130 valence electrons. The molecule has 4 heteroatoms. The second-order valence-corrected chi connectivity index (χ2v) is 6.62. The Morgan fingerprint density at radius 2 is 1.55 bits per heavy atom. The molecular formula is C18H34O4. The maximum absolute atomic E-state index is 12.0. The van der Waals surface area contributed by atoms with Crippen LogP contribution in [0.2, 0.25) is 0 Å². The highest BCUT2D eigenvalue weighted by Crippen LogP contribution is 2.19. The Balaban J connectivity index is 4.08. The van der Waals surface area contributed by atoms with Crippen LogP contribution in [0, 0.1) is 17.8 Å². The highest BCUT2D eigenvalue weighted by atomic mass is 16.5. The number of carbonyl (C=O) groups is 2. The second-order valence-electron chi connectivity index (χ2n) is 6.62. The zero-order valence-corrected chi connectivity index (χ0v) is 15.2. The van der Waals surface area contributed by atoms with Crippen LogP contribution >= 0.6 is 0 Å². The molecule has 0 fully saturated rings. The van der Waals surface area contributed by atoms with Crippen LogP contribution < -0.4 is 0 Å². The Hall–Kier alpha value is -1.06. The van der Waals surface area contributed by atoms with Crippen LogP contribution in [0.5, 0.6) is 0 Å². The molecule has 0 rings (SSSR count). The van der Waals surface area contributed by atoms with Crippen LogP contribution in [-0.4, -0.2) is 24.6 Å². The molecule has 0 aromatic carbocycles. The minimum absolute atomic E-state index is 0.0237. The summed E-state index contributed by atoms with van der Waals surface area (Å²) in [4.78, 5) is 23.8. The number of hydrogen-bond donors (Lipinski definition) is 0. The Kier molecular flexibility index (Phi) is 10.9. The number of carbonyl (C=O) groups excluding carboxylic acids is 2. The third-order valence-corrected chi connectivity index (χ3v) is 3.87. The van der Waals surface area contributed by atoms with Crippen molar-refractivity contribution in [3.63, 3.8) is 0 Å². The summed E-state index contributed by atoms with van der Waals surface area (Å²) in [6, 6.07) is 0. The molecule has 0 aromatic heterocycles. The average Bonchev–Trinajstić information content (AvgIpc) is 2.48. The van der Waals surface area contributed by atoms with E-state index in [2.05, 4.69) is 0 Å². The van der Waals surface area contributed by atoms with E-state index in [0.717, 1.165) is 32.1 Å². The summed E-state index contributed by atoms with van der Waals surface area (Å²) in [5.74, 6) is -0.0534. The van der Waals surface area contributed by atoms with E-state index in [1.165, 1.54) is 0 Å². The summed E-state index contributed by atoms with van der Waals surface area (Å²) in [7, 11) is 0. The fraction of sp³-hybridized carbons (Fsp3) is 0.889. The van der Waals surface area contributed by atoms with Gasteiger partial charge in [-0.2, -0.15) is 0 Å². The molecule has 4 nitrogen and oxygen atoms in total. The van der Waals surface area contributed by atoms with E-state index in [4.69, 9.17) is 9.47 Å². The van der Waals surface area contributed by atoms with Crippen molar-refractivity contribution in [3.8, 4) is 0 Å². The van der Waals surface area contributed by atoms with Crippen LogP contribution in [0.4, 0.5) is 0 Å². The van der Waals surface area contributed by atoms with Gasteiger partial charge >= 0.3 is 11.9 Å². The number of esters is 2. The van der Waals surface area contributed by atoms with Crippen molar-refractivity contribution in [2.45, 2.75) is 79.8 Å². The Morgan fingerprint density at radius 1 is 0.909 bits per heavy atom. The fourth-order valence-corrected chi connectivity index (χ4v) is 2.04. The molecule has 0 bridgehead atoms. The van der Waals surface area contributed by atoms with Crippen molar-refractivity contribution in [3.05, 3.63) is 0 Å². The first-order chi connectivity index (χ1) is 10.3. The molecule has 22 heavy (non-hydrogen) atoms. The van der Waals surface area contributed by atoms with Crippen molar-refractivity contribution in [1.82, 2.24) is 0 Å². The van der Waals surface area contributed by atoms with Crippen molar-refractivity contribution in [2.75, 3.05) is 6.61 Å². The normalized spacial score (nSPS) is 15.2. The third-order valence-electron chi connectivity index (χ3n) is 3.87. The Labute approximate surface area is 135 Å². The SMILES string of the molecule is CCC(C)OC(=O)C(C)CCCC(CC)C(=O)OCC(C)C. The van der Waals surface area contributed by atoms with Gasteiger partial charge in [0.05, 0.1) is 24.5 Å². The molecule has 0 saturated heterocycles. The van der Waals surface area contributed by atoms with Crippen molar-refractivity contribution in [2.24, 2.45) is 17.8 Å². The lowest BCUT2D eigenvalue weighted by Gasteiger charge is -2.17. The molecule has 0 amide bonds. The zero-order valence-electron chi connectivity index (χ0n) is 15.2. The summed E-state index contributed by atoms with van der Waals surface area (Å²) >= 11 is 0. The molecule has 0 heterocycles. The van der Waals surface area contributed by atoms with E-state index in [0.29, 0.717) is 12.5 Å². The summed E-state index contributed by atoms with van der Waals surface area (Å²) in [5.41, 5.74) is 0. The summed E-state index contributed by atoms with van der Waals surface area (Å²) in [6.07, 6.45) is 3.95. The van der Waals surface area contributed by atoms with Crippen molar-refractivity contribution in [1.29, 1.82) is 0 Å². The predicted octanol–water partition coefficient (Wildman–Crippen LogP) is 4.36. The molecule has 0 aliphatic carbocycles. The largest absolute Gasteiger partial charge is 0.465 e. The second kappa shape index (κ2) is 11.5. The maximum atomic E-state index is 12.0. The van der Waals surface area contributed by atoms with Gasteiger partial charge < -0.3 is 9.47 Å². The van der Waals surface area contributed by atoms with Gasteiger partial charge in [-0.05, 0) is 38.5 Å². The van der Waals surface area contributed by atoms with Crippen LogP contribution in [0.15, 0.2) is 0 Å². The number of rotatable bonds is 11. The van der Waals surface area contributed by atoms with Crippen molar-refractivity contribution < 1.29 is 19.1 Å². The van der Waals surface area contributed by atoms with Crippen LogP contribution in [0.25, 0.3) is 0 Å². The number of ether oxygens (including phenoxy) is 2. The lowest BCUT2D eigenvalue weighted by molar-refractivity contribution is -0.153. The Morgan fingerprint density at radius 3 is 2.05 bits per heavy atom. The smallest absolute Gasteiger partial charge is 0.308 e. The lowest BCUT2D eigenvalue weighted by atomic mass is 9.95. The highest BCUT2D eigenvalue weighted by Gasteiger charge is 2.21. The molecule has 0 N–H and O–H groups in total. The van der Waals surface area contributed by atoms with Gasteiger partial charge in [0.25, 0.3) is 0 Å². The van der Waals surface area contributed by atoms with Gasteiger partial charge in [0.1, 0.15) is 0 Å². The lowest BCUT2D eigenvalue weighted by Crippen LogP contribution is -2.22. The highest BCUT2D eigenvalue weighted by molar-refractivity contribution is 5.73. The van der Waals surface area contributed by atoms with E-state index in [-0.39, 0.29) is 29.9 Å². The molecular weight excluding hydrogens is 280 g/mol. The molecule has 0 spiro atoms. The first kappa shape index (κ1) is 20.9. The third kappa shape index (κ3) is 9.06. The molecule has 0 aromatic rings. The summed E-state index contributed by atoms with van der Waals surface area (Å²) in [6.45, 7) is 12.3. The molecule has 3 unspecified atom stereocenters. The van der Waals surface area contributed by atoms with Gasteiger partial charge in [0, 0.05) is 0 Å². The monoisotopic (exact) mass is 314 g/mol. The topological polar surface area (TPSA) is 52.6 Å². The number of hydrogen-bond acceptors (Lipinski definition) is 4. The van der Waals surface area contributed by atoms with Gasteiger partial charge in [0.2, 0.25) is 0 Å². The zero-order chi connectivity index (χ0) is 17.1. The molecule has 0 saturated carbocycles. The van der Waals surface area contributed by atoms with Crippen molar-refractivity contribution >= 4 is 11.9 Å². The van der Waals surface area contributed by atoms with Gasteiger partial charge in [-0.15, -0.1) is 0 Å². The van der Waals surface area contributed by atoms with E-state index in [1.807, 2.05) is 41.5 Å².